The van der Waals surface area contributed by atoms with Gasteiger partial charge in [-0.25, -0.2) is 0 Å². The third-order valence-corrected chi connectivity index (χ3v) is 7.10. The lowest BCUT2D eigenvalue weighted by Gasteiger charge is -2.35. The molecule has 0 saturated carbocycles. The van der Waals surface area contributed by atoms with Crippen LogP contribution in [0.4, 0.5) is 5.82 Å². The largest absolute Gasteiger partial charge is 0.483 e. The van der Waals surface area contributed by atoms with Crippen LogP contribution in [0.5, 0.6) is 11.6 Å². The van der Waals surface area contributed by atoms with Gasteiger partial charge < -0.3 is 30.3 Å². The van der Waals surface area contributed by atoms with Crippen molar-refractivity contribution in [2.24, 2.45) is 5.73 Å². The summed E-state index contributed by atoms with van der Waals surface area (Å²) in [4.78, 5) is 35.2. The fourth-order valence-corrected chi connectivity index (χ4v) is 5.21. The number of anilines is 1. The summed E-state index contributed by atoms with van der Waals surface area (Å²) in [6.45, 7) is 5.94. The molecule has 11 nitrogen and oxygen atoms in total. The molecule has 1 aromatic carbocycles. The number of fused-ring (bicyclic) bond motifs is 4. The Hall–Kier alpha value is -3.86. The van der Waals surface area contributed by atoms with Crippen molar-refractivity contribution in [1.82, 2.24) is 24.8 Å². The number of piperidine rings is 1. The number of ether oxygens (including phenoxy) is 2. The second-order valence-corrected chi connectivity index (χ2v) is 9.91. The molecule has 1 saturated heterocycles. The normalized spacial score (nSPS) is 18.7. The first-order valence-electron chi connectivity index (χ1n) is 13.1. The third-order valence-electron chi connectivity index (χ3n) is 7.10. The minimum absolute atomic E-state index is 0.133. The van der Waals surface area contributed by atoms with Gasteiger partial charge in [0.05, 0.1) is 22.9 Å². The lowest BCUT2D eigenvalue weighted by molar-refractivity contribution is -0.123. The molecular formula is C27H35N7O4. The first-order valence-corrected chi connectivity index (χ1v) is 13.1. The number of nitrogens with zero attached hydrogens (tertiary/aromatic N) is 5. The lowest BCUT2D eigenvalue weighted by atomic mass is 9.97. The molecule has 1 unspecified atom stereocenters. The molecule has 3 N–H and O–H groups in total. The monoisotopic (exact) mass is 521 g/mol. The minimum Gasteiger partial charge on any atom is -0.483 e. The molecule has 1 fully saturated rings. The van der Waals surface area contributed by atoms with Gasteiger partial charge in [0.2, 0.25) is 5.88 Å². The van der Waals surface area contributed by atoms with Crippen molar-refractivity contribution < 1.29 is 19.1 Å². The summed E-state index contributed by atoms with van der Waals surface area (Å²) in [5.41, 5.74) is 9.31. The van der Waals surface area contributed by atoms with Crippen LogP contribution < -0.4 is 25.4 Å². The topological polar surface area (TPSA) is 127 Å². The quantitative estimate of drug-likeness (QED) is 0.536. The van der Waals surface area contributed by atoms with Crippen LogP contribution in [-0.4, -0.2) is 77.8 Å². The lowest BCUT2D eigenvalue weighted by Crippen LogP contribution is -2.39. The number of likely N-dealkylation sites (N-methyl/N-ethyl adjacent to an activating group) is 1. The molecular weight excluding hydrogens is 486 g/mol. The highest BCUT2D eigenvalue weighted by Crippen LogP contribution is 2.36. The third kappa shape index (κ3) is 4.98. The number of nitrogens with two attached hydrogens (primary N) is 1. The Morgan fingerprint density at radius 3 is 2.84 bits per heavy atom. The Labute approximate surface area is 221 Å². The van der Waals surface area contributed by atoms with Crippen molar-refractivity contribution in [3.05, 3.63) is 46.6 Å². The molecule has 5 rings (SSSR count). The van der Waals surface area contributed by atoms with E-state index in [1.807, 2.05) is 53.4 Å². The van der Waals surface area contributed by atoms with E-state index in [0.717, 1.165) is 41.9 Å². The molecule has 11 heteroatoms. The number of rotatable bonds is 3. The Morgan fingerprint density at radius 2 is 2.03 bits per heavy atom. The molecule has 0 spiro atoms. The van der Waals surface area contributed by atoms with Crippen LogP contribution in [0.3, 0.4) is 0 Å². The van der Waals surface area contributed by atoms with Crippen LogP contribution in [0.2, 0.25) is 0 Å². The van der Waals surface area contributed by atoms with Gasteiger partial charge >= 0.3 is 0 Å². The molecule has 0 aliphatic carbocycles. The predicted molar refractivity (Wildman–Crippen MR) is 143 cm³/mol. The van der Waals surface area contributed by atoms with Gasteiger partial charge in [0, 0.05) is 39.3 Å². The summed E-state index contributed by atoms with van der Waals surface area (Å²) in [6, 6.07) is 7.20. The Morgan fingerprint density at radius 1 is 1.18 bits per heavy atom. The summed E-state index contributed by atoms with van der Waals surface area (Å²) >= 11 is 0. The molecule has 3 aromatic rings. The number of hydrogen-bond acceptors (Lipinski definition) is 8. The summed E-state index contributed by atoms with van der Waals surface area (Å²) < 4.78 is 13.5. The van der Waals surface area contributed by atoms with Crippen molar-refractivity contribution in [2.45, 2.75) is 39.2 Å². The maximum absolute atomic E-state index is 14.0. The van der Waals surface area contributed by atoms with E-state index in [4.69, 9.17) is 25.3 Å². The predicted octanol–water partition coefficient (Wildman–Crippen LogP) is 2.00. The van der Waals surface area contributed by atoms with Crippen LogP contribution in [0.15, 0.2) is 24.3 Å². The van der Waals surface area contributed by atoms with E-state index in [-0.39, 0.29) is 24.5 Å². The summed E-state index contributed by atoms with van der Waals surface area (Å²) in [6.07, 6.45) is 2.69. The van der Waals surface area contributed by atoms with Crippen LogP contribution in [0.1, 0.15) is 52.5 Å². The van der Waals surface area contributed by atoms with E-state index in [1.54, 1.807) is 6.07 Å². The van der Waals surface area contributed by atoms with E-state index in [2.05, 4.69) is 5.32 Å². The van der Waals surface area contributed by atoms with Gasteiger partial charge in [0.25, 0.3) is 11.8 Å². The van der Waals surface area contributed by atoms with Gasteiger partial charge in [-0.3, -0.25) is 9.59 Å². The first-order chi connectivity index (χ1) is 18.4. The molecule has 1 atom stereocenters. The number of amides is 2. The average Bonchev–Trinajstić information content (AvgIpc) is 3.33. The van der Waals surface area contributed by atoms with Gasteiger partial charge in [-0.1, -0.05) is 11.6 Å². The number of nitrogens with one attached hydrogen (secondary N) is 1. The zero-order valence-corrected chi connectivity index (χ0v) is 22.2. The van der Waals surface area contributed by atoms with Crippen LogP contribution in [-0.2, 0) is 4.79 Å². The van der Waals surface area contributed by atoms with Gasteiger partial charge in [-0.05, 0) is 45.2 Å². The smallest absolute Gasteiger partial charge is 0.258 e. The van der Waals surface area contributed by atoms with Crippen molar-refractivity contribution in [3.63, 3.8) is 0 Å². The summed E-state index contributed by atoms with van der Waals surface area (Å²) in [7, 11) is 1.94. The number of hydrogen-bond donors (Lipinski definition) is 2. The van der Waals surface area contributed by atoms with Crippen molar-refractivity contribution in [1.29, 1.82) is 0 Å². The van der Waals surface area contributed by atoms with Crippen LogP contribution >= 0.6 is 0 Å². The highest BCUT2D eigenvalue weighted by atomic mass is 16.5. The van der Waals surface area contributed by atoms with E-state index < -0.39 is 0 Å². The number of carbonyl (C=O) groups excluding carboxylic acids is 2. The molecule has 202 valence electrons. The molecule has 2 aliphatic heterocycles. The van der Waals surface area contributed by atoms with Crippen molar-refractivity contribution in [3.8, 4) is 11.6 Å². The van der Waals surface area contributed by atoms with Crippen molar-refractivity contribution in [2.75, 3.05) is 51.3 Å². The average molecular weight is 522 g/mol. The Bertz CT molecular complexity index is 1350. The van der Waals surface area contributed by atoms with Gasteiger partial charge in [0.15, 0.2) is 12.3 Å². The molecule has 0 radical (unpaired) electrons. The Kier molecular flexibility index (Phi) is 7.37. The second-order valence-electron chi connectivity index (χ2n) is 9.91. The molecule has 2 amide bonds. The molecule has 2 aliphatic rings. The van der Waals surface area contributed by atoms with Gasteiger partial charge in [0.1, 0.15) is 18.2 Å². The SMILES string of the molecule is Cc1ccc2c(c1)C(=O)N1CCCCC1c1cc3nc(OCCN)c(C)c(n3n1)N(C)CCNC(=O)CO2. The number of carbonyl (C=O) groups is 2. The standard InChI is InChI=1S/C27H35N7O4/c1-17-7-8-22-19(14-17)27(36)33-11-5-4-6-21(33)20-15-23-30-25(37-13-9-28)18(2)26(34(23)31-20)32(3)12-10-29-24(35)16-38-22/h7-8,14-15,21H,4-6,9-13,16,28H2,1-3H3,(H,29,35). The highest BCUT2D eigenvalue weighted by molar-refractivity contribution is 5.97. The van der Waals surface area contributed by atoms with Gasteiger partial charge in [-0.15, -0.1) is 0 Å². The van der Waals surface area contributed by atoms with E-state index in [1.165, 1.54) is 0 Å². The zero-order valence-electron chi connectivity index (χ0n) is 22.2. The summed E-state index contributed by atoms with van der Waals surface area (Å²) in [5.74, 6) is 1.31. The van der Waals surface area contributed by atoms with E-state index in [0.29, 0.717) is 55.6 Å². The van der Waals surface area contributed by atoms with Crippen molar-refractivity contribution >= 4 is 23.3 Å². The molecule has 38 heavy (non-hydrogen) atoms. The van der Waals surface area contributed by atoms with Crippen LogP contribution in [0, 0.1) is 13.8 Å². The Balaban J connectivity index is 1.65. The fourth-order valence-electron chi connectivity index (χ4n) is 5.21. The van der Waals surface area contributed by atoms with Gasteiger partial charge in [-0.2, -0.15) is 14.6 Å². The zero-order chi connectivity index (χ0) is 26.8. The first kappa shape index (κ1) is 25.8. The fraction of sp³-hybridized carbons (Fsp3) is 0.481. The summed E-state index contributed by atoms with van der Waals surface area (Å²) in [5, 5.41) is 7.88. The molecule has 4 heterocycles. The maximum atomic E-state index is 14.0. The molecule has 2 aromatic heterocycles. The second kappa shape index (κ2) is 10.9. The van der Waals surface area contributed by atoms with E-state index in [9.17, 15) is 9.59 Å². The van der Waals surface area contributed by atoms with Crippen LogP contribution in [0.25, 0.3) is 5.65 Å². The van der Waals surface area contributed by atoms with E-state index >= 15 is 0 Å². The maximum Gasteiger partial charge on any atom is 0.258 e. The number of benzene rings is 1. The minimum atomic E-state index is -0.259. The number of aromatic nitrogens is 3. The highest BCUT2D eigenvalue weighted by Gasteiger charge is 2.33. The molecule has 2 bridgehead atoms. The number of aryl methyl sites for hydroxylation is 1.